The molecule has 0 heterocycles. The van der Waals surface area contributed by atoms with E-state index in [0.29, 0.717) is 4.47 Å². The number of nitrogens with two attached hydrogens (primary N) is 1. The normalized spacial score (nSPS) is 12.6. The summed E-state index contributed by atoms with van der Waals surface area (Å²) in [7, 11) is 0. The zero-order valence-electron chi connectivity index (χ0n) is 9.73. The monoisotopic (exact) mass is 367 g/mol. The SMILES string of the molecule is NC(c1ccc(F)c(F)c1F)c1ccc(Br)c(Cl)c1F. The van der Waals surface area contributed by atoms with E-state index in [9.17, 15) is 17.6 Å². The van der Waals surface area contributed by atoms with Gasteiger partial charge in [-0.1, -0.05) is 23.7 Å². The third-order valence-corrected chi connectivity index (χ3v) is 4.06. The van der Waals surface area contributed by atoms with E-state index in [1.165, 1.54) is 12.1 Å². The molecule has 0 bridgehead atoms. The van der Waals surface area contributed by atoms with Crippen molar-refractivity contribution in [1.82, 2.24) is 0 Å². The van der Waals surface area contributed by atoms with E-state index < -0.39 is 29.3 Å². The molecule has 20 heavy (non-hydrogen) atoms. The van der Waals surface area contributed by atoms with Crippen molar-refractivity contribution in [3.05, 3.63) is 68.2 Å². The van der Waals surface area contributed by atoms with Crippen LogP contribution in [0.4, 0.5) is 17.6 Å². The van der Waals surface area contributed by atoms with Crippen LogP contribution in [0.5, 0.6) is 0 Å². The molecule has 0 aromatic heterocycles. The van der Waals surface area contributed by atoms with Crippen LogP contribution in [0.1, 0.15) is 17.2 Å². The van der Waals surface area contributed by atoms with Gasteiger partial charge in [0.15, 0.2) is 17.5 Å². The zero-order valence-corrected chi connectivity index (χ0v) is 12.1. The van der Waals surface area contributed by atoms with Crippen LogP contribution in [0.25, 0.3) is 0 Å². The van der Waals surface area contributed by atoms with Gasteiger partial charge >= 0.3 is 0 Å². The predicted molar refractivity (Wildman–Crippen MR) is 71.5 cm³/mol. The Labute approximate surface area is 125 Å². The first-order chi connectivity index (χ1) is 9.34. The molecule has 1 unspecified atom stereocenters. The van der Waals surface area contributed by atoms with Crippen molar-refractivity contribution in [2.24, 2.45) is 5.73 Å². The number of hydrogen-bond donors (Lipinski definition) is 1. The average molecular weight is 369 g/mol. The van der Waals surface area contributed by atoms with E-state index in [0.717, 1.165) is 12.1 Å². The second-order valence-electron chi connectivity index (χ2n) is 4.01. The molecule has 106 valence electrons. The van der Waals surface area contributed by atoms with Crippen LogP contribution < -0.4 is 5.73 Å². The Morgan fingerprint density at radius 2 is 1.45 bits per heavy atom. The van der Waals surface area contributed by atoms with Crippen LogP contribution in [0.2, 0.25) is 5.02 Å². The minimum Gasteiger partial charge on any atom is -0.320 e. The highest BCUT2D eigenvalue weighted by molar-refractivity contribution is 9.10. The summed E-state index contributed by atoms with van der Waals surface area (Å²) >= 11 is 8.73. The van der Waals surface area contributed by atoms with Gasteiger partial charge in [0.2, 0.25) is 0 Å². The highest BCUT2D eigenvalue weighted by atomic mass is 79.9. The maximum Gasteiger partial charge on any atom is 0.194 e. The van der Waals surface area contributed by atoms with Gasteiger partial charge in [-0.25, -0.2) is 17.6 Å². The van der Waals surface area contributed by atoms with Crippen LogP contribution in [-0.4, -0.2) is 0 Å². The van der Waals surface area contributed by atoms with Gasteiger partial charge in [-0.3, -0.25) is 0 Å². The minimum absolute atomic E-state index is 0.122. The fourth-order valence-corrected chi connectivity index (χ4v) is 2.21. The summed E-state index contributed by atoms with van der Waals surface area (Å²) in [6, 6.07) is 3.10. The molecule has 0 saturated carbocycles. The Morgan fingerprint density at radius 1 is 0.900 bits per heavy atom. The molecule has 2 N–H and O–H groups in total. The van der Waals surface area contributed by atoms with E-state index in [1.807, 2.05) is 0 Å². The summed E-state index contributed by atoms with van der Waals surface area (Å²) in [6.45, 7) is 0. The maximum atomic E-state index is 14.0. The van der Waals surface area contributed by atoms with Gasteiger partial charge in [0, 0.05) is 15.6 Å². The van der Waals surface area contributed by atoms with Crippen LogP contribution in [0, 0.1) is 23.3 Å². The molecule has 7 heteroatoms. The Bertz CT molecular complexity index is 620. The van der Waals surface area contributed by atoms with E-state index in [1.54, 1.807) is 0 Å². The molecule has 0 saturated heterocycles. The van der Waals surface area contributed by atoms with Crippen molar-refractivity contribution in [2.75, 3.05) is 0 Å². The second kappa shape index (κ2) is 5.71. The van der Waals surface area contributed by atoms with Crippen molar-refractivity contribution in [3.63, 3.8) is 0 Å². The molecule has 0 aliphatic rings. The van der Waals surface area contributed by atoms with Gasteiger partial charge < -0.3 is 5.73 Å². The number of benzene rings is 2. The number of rotatable bonds is 2. The molecular formula is C13H7BrClF4N. The second-order valence-corrected chi connectivity index (χ2v) is 5.24. The Balaban J connectivity index is 2.55. The zero-order chi connectivity index (χ0) is 15.0. The average Bonchev–Trinajstić information content (AvgIpc) is 2.42. The third-order valence-electron chi connectivity index (χ3n) is 2.80. The van der Waals surface area contributed by atoms with E-state index in [-0.39, 0.29) is 16.1 Å². The van der Waals surface area contributed by atoms with Crippen molar-refractivity contribution >= 4 is 27.5 Å². The quantitative estimate of drug-likeness (QED) is 0.603. The van der Waals surface area contributed by atoms with Crippen molar-refractivity contribution in [1.29, 1.82) is 0 Å². The summed E-state index contributed by atoms with van der Waals surface area (Å²) in [5.41, 5.74) is 5.23. The molecule has 0 aliphatic carbocycles. The molecule has 1 nitrogen and oxygen atoms in total. The van der Waals surface area contributed by atoms with Gasteiger partial charge in [-0.2, -0.15) is 0 Å². The molecule has 2 rings (SSSR count). The van der Waals surface area contributed by atoms with E-state index in [2.05, 4.69) is 15.9 Å². The fraction of sp³-hybridized carbons (Fsp3) is 0.0769. The van der Waals surface area contributed by atoms with Crippen LogP contribution in [-0.2, 0) is 0 Å². The van der Waals surface area contributed by atoms with Crippen LogP contribution in [0.3, 0.4) is 0 Å². The summed E-state index contributed by atoms with van der Waals surface area (Å²) in [5.74, 6) is -5.29. The molecular weight excluding hydrogens is 361 g/mol. The van der Waals surface area contributed by atoms with Gasteiger partial charge in [-0.15, -0.1) is 0 Å². The lowest BCUT2D eigenvalue weighted by atomic mass is 9.98. The Morgan fingerprint density at radius 3 is 2.10 bits per heavy atom. The van der Waals surface area contributed by atoms with Gasteiger partial charge in [0.25, 0.3) is 0 Å². The van der Waals surface area contributed by atoms with Gasteiger partial charge in [-0.05, 0) is 28.1 Å². The van der Waals surface area contributed by atoms with E-state index >= 15 is 0 Å². The maximum absolute atomic E-state index is 14.0. The lowest BCUT2D eigenvalue weighted by Gasteiger charge is -2.16. The first-order valence-electron chi connectivity index (χ1n) is 5.37. The molecule has 1 atom stereocenters. The third kappa shape index (κ3) is 2.55. The van der Waals surface area contributed by atoms with Crippen LogP contribution >= 0.6 is 27.5 Å². The van der Waals surface area contributed by atoms with Crippen molar-refractivity contribution < 1.29 is 17.6 Å². The molecule has 0 radical (unpaired) electrons. The topological polar surface area (TPSA) is 26.0 Å². The van der Waals surface area contributed by atoms with E-state index in [4.69, 9.17) is 17.3 Å². The predicted octanol–water partition coefficient (Wildman–Crippen LogP) is 4.71. The summed E-state index contributed by atoms with van der Waals surface area (Å²) in [4.78, 5) is 0. The van der Waals surface area contributed by atoms with Crippen molar-refractivity contribution in [2.45, 2.75) is 6.04 Å². The smallest absolute Gasteiger partial charge is 0.194 e. The first kappa shape index (κ1) is 15.3. The fourth-order valence-electron chi connectivity index (χ4n) is 1.73. The number of hydrogen-bond acceptors (Lipinski definition) is 1. The minimum atomic E-state index is -1.65. The summed E-state index contributed by atoms with van der Waals surface area (Å²) < 4.78 is 54.0. The van der Waals surface area contributed by atoms with Crippen molar-refractivity contribution in [3.8, 4) is 0 Å². The molecule has 0 fully saturated rings. The highest BCUT2D eigenvalue weighted by Crippen LogP contribution is 2.33. The lowest BCUT2D eigenvalue weighted by Crippen LogP contribution is -2.16. The standard InChI is InChI=1S/C13H7BrClF4N/c14-7-3-1-5(10(17)9(7)15)13(20)6-2-4-8(16)12(19)11(6)18/h1-4,13H,20H2. The molecule has 0 amide bonds. The molecule has 0 aliphatic heterocycles. The highest BCUT2D eigenvalue weighted by Gasteiger charge is 2.23. The Hall–Kier alpha value is -1.11. The molecule has 2 aromatic rings. The van der Waals surface area contributed by atoms with Gasteiger partial charge in [0.1, 0.15) is 5.82 Å². The summed E-state index contributed by atoms with van der Waals surface area (Å²) in [6.07, 6.45) is 0. The van der Waals surface area contributed by atoms with Crippen LogP contribution in [0.15, 0.2) is 28.7 Å². The lowest BCUT2D eigenvalue weighted by molar-refractivity contribution is 0.437. The van der Waals surface area contributed by atoms with Gasteiger partial charge in [0.05, 0.1) is 11.1 Å². The Kier molecular flexibility index (Phi) is 4.36. The summed E-state index contributed by atoms with van der Waals surface area (Å²) in [5, 5.41) is -0.221. The largest absolute Gasteiger partial charge is 0.320 e. The molecule has 2 aromatic carbocycles. The first-order valence-corrected chi connectivity index (χ1v) is 6.54. The number of halogens is 6. The molecule has 0 spiro atoms.